The van der Waals surface area contributed by atoms with Crippen LogP contribution in [-0.2, 0) is 7.05 Å². The number of hydrogen-bond donors (Lipinski definition) is 0. The smallest absolute Gasteiger partial charge is 0.276 e. The molecule has 0 amide bonds. The molecule has 2 aromatic heterocycles. The molecule has 0 atom stereocenters. The third-order valence-electron chi connectivity index (χ3n) is 3.02. The van der Waals surface area contributed by atoms with Crippen molar-refractivity contribution in [1.29, 1.82) is 0 Å². The summed E-state index contributed by atoms with van der Waals surface area (Å²) in [6.45, 7) is 18.8. The number of fused-ring (bicyclic) bond motifs is 1. The summed E-state index contributed by atoms with van der Waals surface area (Å²) >= 11 is 0. The van der Waals surface area contributed by atoms with E-state index in [4.69, 9.17) is 0 Å². The first-order valence-corrected chi connectivity index (χ1v) is 9.41. The zero-order valence-corrected chi connectivity index (χ0v) is 18.2. The Labute approximate surface area is 163 Å². The molecule has 0 aliphatic rings. The largest absolute Gasteiger partial charge is 0.315 e. The molecule has 0 bridgehead atoms. The summed E-state index contributed by atoms with van der Waals surface area (Å²) in [5.74, 6) is -0.00138. The van der Waals surface area contributed by atoms with E-state index in [1.165, 1.54) is 28.2 Å². The van der Waals surface area contributed by atoms with E-state index >= 15 is 0 Å². The predicted molar refractivity (Wildman–Crippen MR) is 117 cm³/mol. The van der Waals surface area contributed by atoms with E-state index in [0.717, 1.165) is 0 Å². The molecule has 0 unspecified atom stereocenters. The number of aromatic nitrogens is 3. The molecule has 0 N–H and O–H groups in total. The van der Waals surface area contributed by atoms with Gasteiger partial charge in [0.25, 0.3) is 5.56 Å². The molecule has 0 saturated carbocycles. The van der Waals surface area contributed by atoms with Gasteiger partial charge >= 0.3 is 0 Å². The van der Waals surface area contributed by atoms with E-state index in [0.29, 0.717) is 16.9 Å². The van der Waals surface area contributed by atoms with E-state index in [2.05, 4.69) is 16.6 Å². The third kappa shape index (κ3) is 6.47. The Kier molecular flexibility index (Phi) is 14.1. The normalized spacial score (nSPS) is 10.2. The first-order valence-electron chi connectivity index (χ1n) is 9.41. The molecule has 0 aliphatic carbocycles. The van der Waals surface area contributed by atoms with Crippen LogP contribution >= 0.6 is 0 Å². The van der Waals surface area contributed by atoms with Gasteiger partial charge in [0, 0.05) is 32.6 Å². The summed E-state index contributed by atoms with van der Waals surface area (Å²) in [6, 6.07) is 0. The van der Waals surface area contributed by atoms with Gasteiger partial charge in [0.2, 0.25) is 0 Å². The van der Waals surface area contributed by atoms with Gasteiger partial charge in [0.15, 0.2) is 11.6 Å². The van der Waals surface area contributed by atoms with Gasteiger partial charge in [0.05, 0.1) is 5.70 Å². The van der Waals surface area contributed by atoms with Gasteiger partial charge in [-0.2, -0.15) is 0 Å². The zero-order valence-electron chi connectivity index (χ0n) is 18.2. The van der Waals surface area contributed by atoms with Crippen LogP contribution in [0.5, 0.6) is 0 Å². The number of nitrogens with zero attached hydrogens (tertiary/aromatic N) is 4. The highest BCUT2D eigenvalue weighted by molar-refractivity contribution is 5.94. The Morgan fingerprint density at radius 1 is 1.15 bits per heavy atom. The number of carbonyl (C=O) groups excluding carboxylic acids is 1. The standard InChI is InChI=1S/C15H16N4O2.3C2H6/c1-5-7-16-11(6-2)12-13-15(21)18(4)8-9-19(13)14(17-12)10(3)20;3*1-2/h5-9H,1H2,2-4H3;3*1-2H3/b11-6-,16-7?;;;. The van der Waals surface area contributed by atoms with Crippen molar-refractivity contribution in [3.63, 3.8) is 0 Å². The number of hydrogen-bond acceptors (Lipinski definition) is 4. The van der Waals surface area contributed by atoms with Gasteiger partial charge in [0.1, 0.15) is 11.2 Å². The van der Waals surface area contributed by atoms with Crippen LogP contribution in [0.1, 0.15) is 71.7 Å². The van der Waals surface area contributed by atoms with Crippen molar-refractivity contribution in [3.05, 3.63) is 53.0 Å². The molecule has 6 nitrogen and oxygen atoms in total. The van der Waals surface area contributed by atoms with Crippen LogP contribution in [0.15, 0.2) is 40.9 Å². The minimum absolute atomic E-state index is 0.214. The molecule has 2 rings (SSSR count). The number of aliphatic imine (C=N–C) groups is 1. The molecule has 0 aromatic carbocycles. The summed E-state index contributed by atoms with van der Waals surface area (Å²) in [4.78, 5) is 32.6. The quantitative estimate of drug-likeness (QED) is 0.563. The lowest BCUT2D eigenvalue weighted by molar-refractivity contribution is 0.100. The maximum Gasteiger partial charge on any atom is 0.276 e. The van der Waals surface area contributed by atoms with E-state index in [-0.39, 0.29) is 17.2 Å². The Morgan fingerprint density at radius 3 is 2.15 bits per heavy atom. The fraction of sp³-hybridized carbons (Fsp3) is 0.429. The summed E-state index contributed by atoms with van der Waals surface area (Å²) < 4.78 is 2.95. The summed E-state index contributed by atoms with van der Waals surface area (Å²) in [7, 11) is 1.65. The molecule has 0 aliphatic heterocycles. The van der Waals surface area contributed by atoms with Crippen LogP contribution in [0, 0.1) is 0 Å². The number of aryl methyl sites for hydroxylation is 1. The van der Waals surface area contributed by atoms with Gasteiger partial charge in [-0.1, -0.05) is 60.3 Å². The highest BCUT2D eigenvalue weighted by Gasteiger charge is 2.19. The minimum atomic E-state index is -0.236. The third-order valence-corrected chi connectivity index (χ3v) is 3.02. The highest BCUT2D eigenvalue weighted by atomic mass is 16.1. The van der Waals surface area contributed by atoms with E-state index in [9.17, 15) is 9.59 Å². The minimum Gasteiger partial charge on any atom is -0.315 e. The van der Waals surface area contributed by atoms with Crippen LogP contribution < -0.4 is 5.56 Å². The molecule has 2 heterocycles. The van der Waals surface area contributed by atoms with Crippen molar-refractivity contribution in [2.24, 2.45) is 12.0 Å². The second-order valence-electron chi connectivity index (χ2n) is 4.46. The molecule has 0 saturated heterocycles. The maximum atomic E-state index is 12.4. The summed E-state index contributed by atoms with van der Waals surface area (Å²) in [5.41, 5.74) is 1.00. The number of carbonyl (C=O) groups is 1. The highest BCUT2D eigenvalue weighted by Crippen LogP contribution is 2.20. The van der Waals surface area contributed by atoms with Crippen molar-refractivity contribution in [1.82, 2.24) is 14.0 Å². The van der Waals surface area contributed by atoms with Crippen molar-refractivity contribution < 1.29 is 4.79 Å². The molecule has 6 heteroatoms. The van der Waals surface area contributed by atoms with Crippen LogP contribution in [-0.4, -0.2) is 25.9 Å². The molecule has 0 radical (unpaired) electrons. The average molecular weight is 375 g/mol. The van der Waals surface area contributed by atoms with Crippen LogP contribution in [0.2, 0.25) is 0 Å². The molecule has 27 heavy (non-hydrogen) atoms. The van der Waals surface area contributed by atoms with E-state index in [1.54, 1.807) is 32.4 Å². The van der Waals surface area contributed by atoms with Gasteiger partial charge < -0.3 is 4.57 Å². The number of rotatable bonds is 4. The molecule has 2 aromatic rings. The fourth-order valence-electron chi connectivity index (χ4n) is 2.02. The second-order valence-corrected chi connectivity index (χ2v) is 4.46. The first kappa shape index (κ1) is 26.5. The van der Waals surface area contributed by atoms with E-state index < -0.39 is 0 Å². The van der Waals surface area contributed by atoms with Gasteiger partial charge in [-0.05, 0) is 6.92 Å². The topological polar surface area (TPSA) is 68.7 Å². The second kappa shape index (κ2) is 14.4. The average Bonchev–Trinajstić information content (AvgIpc) is 3.10. The summed E-state index contributed by atoms with van der Waals surface area (Å²) in [5, 5.41) is 0. The Hall–Kier alpha value is -2.76. The van der Waals surface area contributed by atoms with Gasteiger partial charge in [-0.25, -0.2) is 4.98 Å². The lowest BCUT2D eigenvalue weighted by atomic mass is 10.3. The SMILES string of the molecule is C=CC=N/C(=C\C)c1nc(C(C)=O)n2ccn(C)c(=O)c12.CC.CC.CC. The molecular formula is C21H34N4O2. The molecule has 150 valence electrons. The molecular weight excluding hydrogens is 340 g/mol. The monoisotopic (exact) mass is 374 g/mol. The van der Waals surface area contributed by atoms with Gasteiger partial charge in [-0.3, -0.25) is 19.0 Å². The van der Waals surface area contributed by atoms with Crippen molar-refractivity contribution in [2.45, 2.75) is 55.4 Å². The van der Waals surface area contributed by atoms with Crippen LogP contribution in [0.4, 0.5) is 0 Å². The number of ketones is 1. The number of imidazole rings is 1. The van der Waals surface area contributed by atoms with Crippen molar-refractivity contribution >= 4 is 23.2 Å². The number of Topliss-reactive ketones (excluding diaryl/α,β-unsaturated/α-hetero) is 1. The fourth-order valence-corrected chi connectivity index (χ4v) is 2.02. The van der Waals surface area contributed by atoms with Crippen LogP contribution in [0.25, 0.3) is 11.2 Å². The maximum absolute atomic E-state index is 12.4. The Morgan fingerprint density at radius 2 is 1.70 bits per heavy atom. The summed E-state index contributed by atoms with van der Waals surface area (Å²) in [6.07, 6.45) is 8.02. The van der Waals surface area contributed by atoms with Crippen molar-refractivity contribution in [3.8, 4) is 0 Å². The lowest BCUT2D eigenvalue weighted by Crippen LogP contribution is -2.19. The Balaban J connectivity index is 0. The Bertz CT molecular complexity index is 840. The zero-order chi connectivity index (χ0) is 21.6. The first-order chi connectivity index (χ1) is 13.0. The van der Waals surface area contributed by atoms with Crippen LogP contribution in [0.3, 0.4) is 0 Å². The lowest BCUT2D eigenvalue weighted by Gasteiger charge is -2.01. The molecule has 0 spiro atoms. The van der Waals surface area contributed by atoms with E-state index in [1.807, 2.05) is 41.5 Å². The number of allylic oxidation sites excluding steroid dienone is 2. The predicted octanol–water partition coefficient (Wildman–Crippen LogP) is 4.93. The molecule has 0 fully saturated rings. The van der Waals surface area contributed by atoms with Gasteiger partial charge in [-0.15, -0.1) is 0 Å². The van der Waals surface area contributed by atoms with Crippen molar-refractivity contribution in [2.75, 3.05) is 0 Å².